The van der Waals surface area contributed by atoms with Crippen LogP contribution in [-0.2, 0) is 14.3 Å². The van der Waals surface area contributed by atoms with Crippen LogP contribution in [-0.4, -0.2) is 34.8 Å². The summed E-state index contributed by atoms with van der Waals surface area (Å²) < 4.78 is 16.2. The molecule has 0 N–H and O–H groups in total. The van der Waals surface area contributed by atoms with Crippen LogP contribution in [0.5, 0.6) is 11.5 Å². The van der Waals surface area contributed by atoms with E-state index in [4.69, 9.17) is 14.2 Å². The molecule has 150 valence electrons. The van der Waals surface area contributed by atoms with Gasteiger partial charge in [-0.15, -0.1) is 5.10 Å². The third-order valence-corrected chi connectivity index (χ3v) is 4.00. The van der Waals surface area contributed by atoms with Gasteiger partial charge in [0.15, 0.2) is 11.5 Å². The number of esters is 1. The fourth-order valence-corrected chi connectivity index (χ4v) is 2.73. The van der Waals surface area contributed by atoms with Crippen LogP contribution in [0.2, 0.25) is 0 Å². The first-order valence-electron chi connectivity index (χ1n) is 8.46. The molecule has 10 heteroatoms. The highest BCUT2D eigenvalue weighted by atomic mass is 16.6. The molecule has 0 radical (unpaired) electrons. The first kappa shape index (κ1) is 19.8. The fraction of sp³-hybridized carbons (Fsp3) is 0.211. The number of methoxy groups -OCH3 is 1. The number of hydrogen-bond acceptors (Lipinski definition) is 8. The van der Waals surface area contributed by atoms with Gasteiger partial charge in [0.05, 0.1) is 12.0 Å². The summed E-state index contributed by atoms with van der Waals surface area (Å²) in [5, 5.41) is 16.3. The summed E-state index contributed by atoms with van der Waals surface area (Å²) in [5.41, 5.74) is 0.691. The zero-order chi connectivity index (χ0) is 21.1. The lowest BCUT2D eigenvalue weighted by atomic mass is 10.1. The van der Waals surface area contributed by atoms with Gasteiger partial charge in [0.25, 0.3) is 5.69 Å². The maximum Gasteiger partial charge on any atom is 0.308 e. The number of carbonyl (C=O) groups is 2. The van der Waals surface area contributed by atoms with E-state index in [0.29, 0.717) is 16.9 Å². The average Bonchev–Trinajstić information content (AvgIpc) is 3.13. The van der Waals surface area contributed by atoms with E-state index in [-0.39, 0.29) is 17.3 Å². The van der Waals surface area contributed by atoms with Crippen LogP contribution in [0.15, 0.2) is 47.6 Å². The predicted octanol–water partition coefficient (Wildman–Crippen LogP) is 2.77. The van der Waals surface area contributed by atoms with Crippen LogP contribution >= 0.6 is 0 Å². The number of non-ortho nitro benzene ring substituents is 1. The van der Waals surface area contributed by atoms with E-state index in [1.54, 1.807) is 18.2 Å². The number of hydrazone groups is 1. The number of nitro groups is 1. The van der Waals surface area contributed by atoms with Gasteiger partial charge >= 0.3 is 5.97 Å². The van der Waals surface area contributed by atoms with Gasteiger partial charge in [-0.2, -0.15) is 5.01 Å². The Labute approximate surface area is 165 Å². The third kappa shape index (κ3) is 4.15. The molecule has 3 rings (SSSR count). The van der Waals surface area contributed by atoms with Gasteiger partial charge in [0, 0.05) is 37.1 Å². The van der Waals surface area contributed by atoms with Crippen molar-refractivity contribution in [3.63, 3.8) is 0 Å². The molecule has 1 atom stereocenters. The summed E-state index contributed by atoms with van der Waals surface area (Å²) in [6.45, 7) is 2.57. The molecular formula is C19H17N3O7. The second kappa shape index (κ2) is 7.97. The van der Waals surface area contributed by atoms with Crippen LogP contribution in [0.1, 0.15) is 31.2 Å². The van der Waals surface area contributed by atoms with Crippen molar-refractivity contribution in [2.75, 3.05) is 7.11 Å². The van der Waals surface area contributed by atoms with Crippen molar-refractivity contribution in [2.45, 2.75) is 20.1 Å². The molecule has 0 saturated heterocycles. The van der Waals surface area contributed by atoms with Crippen molar-refractivity contribution >= 4 is 23.5 Å². The zero-order valence-corrected chi connectivity index (χ0v) is 15.8. The molecule has 0 spiro atoms. The lowest BCUT2D eigenvalue weighted by Gasteiger charge is -2.20. The Morgan fingerprint density at radius 2 is 1.93 bits per heavy atom. The summed E-state index contributed by atoms with van der Waals surface area (Å²) in [5.74, 6) is -0.395. The quantitative estimate of drug-likeness (QED) is 0.328. The van der Waals surface area contributed by atoms with Gasteiger partial charge in [0.1, 0.15) is 0 Å². The Balaban J connectivity index is 1.97. The molecule has 1 aliphatic heterocycles. The predicted molar refractivity (Wildman–Crippen MR) is 100 cm³/mol. The Kier molecular flexibility index (Phi) is 5.44. The minimum Gasteiger partial charge on any atom is -0.493 e. The van der Waals surface area contributed by atoms with Crippen LogP contribution in [0.3, 0.4) is 0 Å². The van der Waals surface area contributed by atoms with E-state index in [1.165, 1.54) is 45.2 Å². The third-order valence-electron chi connectivity index (χ3n) is 4.00. The maximum atomic E-state index is 12.1. The Hall–Kier alpha value is -3.95. The van der Waals surface area contributed by atoms with Crippen LogP contribution < -0.4 is 9.47 Å². The Morgan fingerprint density at radius 3 is 2.55 bits per heavy atom. The van der Waals surface area contributed by atoms with Crippen LogP contribution in [0.25, 0.3) is 0 Å². The molecule has 1 aliphatic rings. The van der Waals surface area contributed by atoms with Gasteiger partial charge < -0.3 is 14.2 Å². The number of nitro benzene ring substituents is 1. The lowest BCUT2D eigenvalue weighted by molar-refractivity contribution is -0.384. The highest BCUT2D eigenvalue weighted by Gasteiger charge is 2.34. The average molecular weight is 399 g/mol. The molecule has 0 saturated carbocycles. The first-order valence-corrected chi connectivity index (χ1v) is 8.46. The van der Waals surface area contributed by atoms with E-state index in [9.17, 15) is 19.7 Å². The number of nitrogens with zero attached hydrogens (tertiary/aromatic N) is 3. The van der Waals surface area contributed by atoms with Gasteiger partial charge in [-0.1, -0.05) is 6.07 Å². The molecule has 0 fully saturated rings. The minimum absolute atomic E-state index is 0.0544. The number of benzene rings is 2. The Morgan fingerprint density at radius 1 is 1.17 bits per heavy atom. The highest BCUT2D eigenvalue weighted by molar-refractivity contribution is 5.96. The maximum absolute atomic E-state index is 12.1. The molecule has 1 amide bonds. The number of rotatable bonds is 5. The molecule has 2 aromatic carbocycles. The second-order valence-corrected chi connectivity index (χ2v) is 6.05. The first-order chi connectivity index (χ1) is 13.8. The molecule has 29 heavy (non-hydrogen) atoms. The minimum atomic E-state index is -0.943. The molecule has 0 bridgehead atoms. The van der Waals surface area contributed by atoms with E-state index in [0.717, 1.165) is 5.01 Å². The number of ether oxygens (including phenoxy) is 3. The molecule has 1 unspecified atom stereocenters. The standard InChI is InChI=1S/C19H17N3O7/c1-11(23)21-19(14-7-8-16(27-3)17(10-14)28-12(2)24)29-18(20-21)13-5-4-6-15(9-13)22(25)26/h4-10,19H,1-3H3. The van der Waals surface area contributed by atoms with E-state index < -0.39 is 23.0 Å². The highest BCUT2D eigenvalue weighted by Crippen LogP contribution is 2.36. The molecule has 2 aromatic rings. The normalized spacial score (nSPS) is 15.3. The molecule has 0 aromatic heterocycles. The monoisotopic (exact) mass is 399 g/mol. The largest absolute Gasteiger partial charge is 0.493 e. The van der Waals surface area contributed by atoms with Gasteiger partial charge in [-0.05, 0) is 24.3 Å². The van der Waals surface area contributed by atoms with Gasteiger partial charge in [0.2, 0.25) is 18.0 Å². The van der Waals surface area contributed by atoms with Crippen LogP contribution in [0, 0.1) is 10.1 Å². The van der Waals surface area contributed by atoms with Crippen molar-refractivity contribution < 1.29 is 28.7 Å². The molecular weight excluding hydrogens is 382 g/mol. The van der Waals surface area contributed by atoms with E-state index in [2.05, 4.69) is 5.10 Å². The van der Waals surface area contributed by atoms with Gasteiger partial charge in [-0.25, -0.2) is 0 Å². The van der Waals surface area contributed by atoms with E-state index >= 15 is 0 Å². The topological polar surface area (TPSA) is 121 Å². The molecule has 10 nitrogen and oxygen atoms in total. The summed E-state index contributed by atoms with van der Waals surface area (Å²) in [6.07, 6.45) is -0.943. The smallest absolute Gasteiger partial charge is 0.308 e. The summed E-state index contributed by atoms with van der Waals surface area (Å²) >= 11 is 0. The van der Waals surface area contributed by atoms with E-state index in [1.807, 2.05) is 0 Å². The summed E-state index contributed by atoms with van der Waals surface area (Å²) in [7, 11) is 1.43. The van der Waals surface area contributed by atoms with Crippen molar-refractivity contribution in [1.29, 1.82) is 0 Å². The molecule has 1 heterocycles. The molecule has 0 aliphatic carbocycles. The number of carbonyl (C=O) groups excluding carboxylic acids is 2. The second-order valence-electron chi connectivity index (χ2n) is 6.05. The summed E-state index contributed by atoms with van der Waals surface area (Å²) in [6, 6.07) is 10.4. The number of hydrogen-bond donors (Lipinski definition) is 0. The summed E-state index contributed by atoms with van der Waals surface area (Å²) in [4.78, 5) is 33.9. The van der Waals surface area contributed by atoms with Crippen molar-refractivity contribution in [1.82, 2.24) is 5.01 Å². The number of amides is 1. The zero-order valence-electron chi connectivity index (χ0n) is 15.8. The Bertz CT molecular complexity index is 1020. The van der Waals surface area contributed by atoms with Crippen molar-refractivity contribution in [2.24, 2.45) is 5.10 Å². The lowest BCUT2D eigenvalue weighted by Crippen LogP contribution is -2.25. The van der Waals surface area contributed by atoms with Gasteiger partial charge in [-0.3, -0.25) is 19.7 Å². The van der Waals surface area contributed by atoms with Crippen molar-refractivity contribution in [3.8, 4) is 11.5 Å². The van der Waals surface area contributed by atoms with Crippen LogP contribution in [0.4, 0.5) is 5.69 Å². The van der Waals surface area contributed by atoms with Crippen molar-refractivity contribution in [3.05, 3.63) is 63.7 Å². The fourth-order valence-electron chi connectivity index (χ4n) is 2.73. The SMILES string of the molecule is COc1ccc(C2OC(c3cccc([N+](=O)[O-])c3)=NN2C(C)=O)cc1OC(C)=O.